The van der Waals surface area contributed by atoms with Gasteiger partial charge in [-0.15, -0.1) is 0 Å². The van der Waals surface area contributed by atoms with E-state index < -0.39 is 11.7 Å². The summed E-state index contributed by atoms with van der Waals surface area (Å²) < 4.78 is 37.3. The van der Waals surface area contributed by atoms with Gasteiger partial charge in [-0.2, -0.15) is 13.2 Å². The van der Waals surface area contributed by atoms with Crippen molar-refractivity contribution in [1.29, 1.82) is 0 Å². The molecule has 0 saturated carbocycles. The van der Waals surface area contributed by atoms with Crippen LogP contribution < -0.4 is 5.32 Å². The van der Waals surface area contributed by atoms with E-state index in [9.17, 15) is 13.2 Å². The first-order valence-corrected chi connectivity index (χ1v) is 6.40. The van der Waals surface area contributed by atoms with Crippen LogP contribution in [0.15, 0.2) is 42.5 Å². The third-order valence-electron chi connectivity index (χ3n) is 2.95. The van der Waals surface area contributed by atoms with E-state index in [1.807, 2.05) is 25.1 Å². The Balaban J connectivity index is 2.02. The van der Waals surface area contributed by atoms with Gasteiger partial charge in [-0.25, -0.2) is 0 Å². The van der Waals surface area contributed by atoms with Gasteiger partial charge in [0.2, 0.25) is 0 Å². The second kappa shape index (κ2) is 5.75. The van der Waals surface area contributed by atoms with Gasteiger partial charge in [-0.1, -0.05) is 23.7 Å². The molecule has 0 unspecified atom stereocenters. The Morgan fingerprint density at radius 2 is 1.70 bits per heavy atom. The van der Waals surface area contributed by atoms with Crippen LogP contribution in [0.3, 0.4) is 0 Å². The fourth-order valence-electron chi connectivity index (χ4n) is 1.73. The van der Waals surface area contributed by atoms with Crippen LogP contribution >= 0.6 is 11.6 Å². The Kier molecular flexibility index (Phi) is 4.23. The first-order chi connectivity index (χ1) is 9.36. The van der Waals surface area contributed by atoms with E-state index in [2.05, 4.69) is 5.32 Å². The van der Waals surface area contributed by atoms with Gasteiger partial charge >= 0.3 is 6.18 Å². The highest BCUT2D eigenvalue weighted by Gasteiger charge is 2.29. The van der Waals surface area contributed by atoms with Crippen molar-refractivity contribution in [2.45, 2.75) is 19.6 Å². The maximum atomic E-state index is 12.4. The number of benzene rings is 2. The molecule has 2 aromatic carbocycles. The van der Waals surface area contributed by atoms with Crippen LogP contribution in [0, 0.1) is 6.92 Å². The lowest BCUT2D eigenvalue weighted by Crippen LogP contribution is -2.05. The minimum atomic E-state index is -4.30. The van der Waals surface area contributed by atoms with E-state index in [-0.39, 0.29) is 0 Å². The number of aryl methyl sites for hydroxylation is 1. The molecule has 0 aliphatic carbocycles. The first kappa shape index (κ1) is 14.7. The zero-order valence-corrected chi connectivity index (χ0v) is 11.5. The molecule has 0 aliphatic heterocycles. The second-order valence-corrected chi connectivity index (χ2v) is 4.92. The highest BCUT2D eigenvalue weighted by molar-refractivity contribution is 6.31. The molecule has 0 aliphatic rings. The highest BCUT2D eigenvalue weighted by Crippen LogP contribution is 2.29. The molecule has 1 nitrogen and oxygen atoms in total. The predicted octanol–water partition coefficient (Wildman–Crippen LogP) is 5.28. The molecule has 2 aromatic rings. The number of hydrogen-bond acceptors (Lipinski definition) is 1. The molecule has 2 rings (SSSR count). The summed E-state index contributed by atoms with van der Waals surface area (Å²) in [5.74, 6) is 0. The molecule has 0 aromatic heterocycles. The molecule has 0 radical (unpaired) electrons. The maximum Gasteiger partial charge on any atom is 0.416 e. The van der Waals surface area contributed by atoms with E-state index in [0.29, 0.717) is 17.3 Å². The van der Waals surface area contributed by atoms with Crippen LogP contribution in [0.25, 0.3) is 0 Å². The Morgan fingerprint density at radius 3 is 2.25 bits per heavy atom. The zero-order valence-electron chi connectivity index (χ0n) is 10.8. The molecule has 0 spiro atoms. The second-order valence-electron chi connectivity index (χ2n) is 4.51. The van der Waals surface area contributed by atoms with Gasteiger partial charge in [0.1, 0.15) is 0 Å². The molecule has 20 heavy (non-hydrogen) atoms. The van der Waals surface area contributed by atoms with Gasteiger partial charge in [-0.05, 0) is 48.4 Å². The average molecular weight is 300 g/mol. The Labute approximate surface area is 120 Å². The number of alkyl halides is 3. The van der Waals surface area contributed by atoms with Crippen molar-refractivity contribution >= 4 is 17.3 Å². The lowest BCUT2D eigenvalue weighted by atomic mass is 10.1. The summed E-state index contributed by atoms with van der Waals surface area (Å²) >= 11 is 6.01. The SMILES string of the molecule is Cc1ccc(CNc2ccc(C(F)(F)F)cc2)cc1Cl. The number of hydrogen-bond donors (Lipinski definition) is 1. The topological polar surface area (TPSA) is 12.0 Å². The maximum absolute atomic E-state index is 12.4. The zero-order chi connectivity index (χ0) is 14.8. The van der Waals surface area contributed by atoms with Crippen molar-refractivity contribution in [2.24, 2.45) is 0 Å². The number of anilines is 1. The van der Waals surface area contributed by atoms with Gasteiger partial charge < -0.3 is 5.32 Å². The summed E-state index contributed by atoms with van der Waals surface area (Å²) in [6.07, 6.45) is -4.30. The summed E-state index contributed by atoms with van der Waals surface area (Å²) in [7, 11) is 0. The largest absolute Gasteiger partial charge is 0.416 e. The number of nitrogens with one attached hydrogen (secondary N) is 1. The molecular weight excluding hydrogens is 287 g/mol. The summed E-state index contributed by atoms with van der Waals surface area (Å²) in [4.78, 5) is 0. The van der Waals surface area contributed by atoms with Gasteiger partial charge in [-0.3, -0.25) is 0 Å². The monoisotopic (exact) mass is 299 g/mol. The van der Waals surface area contributed by atoms with Crippen LogP contribution in [0.4, 0.5) is 18.9 Å². The minimum absolute atomic E-state index is 0.505. The Hall–Kier alpha value is -1.68. The number of halogens is 4. The highest BCUT2D eigenvalue weighted by atomic mass is 35.5. The fraction of sp³-hybridized carbons (Fsp3) is 0.200. The lowest BCUT2D eigenvalue weighted by Gasteiger charge is -2.10. The molecule has 5 heteroatoms. The van der Waals surface area contributed by atoms with Crippen LogP contribution in [0.5, 0.6) is 0 Å². The third kappa shape index (κ3) is 3.67. The summed E-state index contributed by atoms with van der Waals surface area (Å²) in [5, 5.41) is 3.74. The minimum Gasteiger partial charge on any atom is -0.381 e. The van der Waals surface area contributed by atoms with E-state index in [1.165, 1.54) is 12.1 Å². The first-order valence-electron chi connectivity index (χ1n) is 6.02. The van der Waals surface area contributed by atoms with Crippen molar-refractivity contribution in [2.75, 3.05) is 5.32 Å². The quantitative estimate of drug-likeness (QED) is 0.813. The summed E-state index contributed by atoms with van der Waals surface area (Å²) in [5.41, 5.74) is 1.95. The molecule has 0 amide bonds. The molecule has 0 fully saturated rings. The van der Waals surface area contributed by atoms with Crippen molar-refractivity contribution in [3.63, 3.8) is 0 Å². The molecule has 0 bridgehead atoms. The van der Waals surface area contributed by atoms with E-state index in [0.717, 1.165) is 23.3 Å². The van der Waals surface area contributed by atoms with Crippen molar-refractivity contribution in [3.05, 3.63) is 64.2 Å². The van der Waals surface area contributed by atoms with Crippen LogP contribution in [0.2, 0.25) is 5.02 Å². The van der Waals surface area contributed by atoms with Gasteiger partial charge in [0.25, 0.3) is 0 Å². The molecule has 0 saturated heterocycles. The lowest BCUT2D eigenvalue weighted by molar-refractivity contribution is -0.137. The van der Waals surface area contributed by atoms with Crippen LogP contribution in [-0.2, 0) is 12.7 Å². The average Bonchev–Trinajstić information content (AvgIpc) is 2.40. The van der Waals surface area contributed by atoms with Crippen LogP contribution in [0.1, 0.15) is 16.7 Å². The van der Waals surface area contributed by atoms with Crippen molar-refractivity contribution < 1.29 is 13.2 Å². The summed E-state index contributed by atoms with van der Waals surface area (Å²) in [6, 6.07) is 10.6. The standard InChI is InChI=1S/C15H13ClF3N/c1-10-2-3-11(8-14(10)16)9-20-13-6-4-12(5-7-13)15(17,18)19/h2-8,20H,9H2,1H3. The van der Waals surface area contributed by atoms with Crippen molar-refractivity contribution in [1.82, 2.24) is 0 Å². The molecule has 1 N–H and O–H groups in total. The molecule has 106 valence electrons. The fourth-order valence-corrected chi connectivity index (χ4v) is 1.93. The molecule has 0 heterocycles. The smallest absolute Gasteiger partial charge is 0.381 e. The van der Waals surface area contributed by atoms with Gasteiger partial charge in [0.05, 0.1) is 5.56 Å². The number of rotatable bonds is 3. The third-order valence-corrected chi connectivity index (χ3v) is 3.35. The van der Waals surface area contributed by atoms with Crippen LogP contribution in [-0.4, -0.2) is 0 Å². The van der Waals surface area contributed by atoms with Crippen molar-refractivity contribution in [3.8, 4) is 0 Å². The van der Waals surface area contributed by atoms with E-state index >= 15 is 0 Å². The normalized spacial score (nSPS) is 11.4. The summed E-state index contributed by atoms with van der Waals surface area (Å²) in [6.45, 7) is 2.42. The van der Waals surface area contributed by atoms with E-state index in [4.69, 9.17) is 11.6 Å². The van der Waals surface area contributed by atoms with E-state index in [1.54, 1.807) is 0 Å². The molecular formula is C15H13ClF3N. The predicted molar refractivity (Wildman–Crippen MR) is 75.0 cm³/mol. The van der Waals surface area contributed by atoms with Gasteiger partial charge in [0.15, 0.2) is 0 Å². The molecule has 0 atom stereocenters. The Bertz CT molecular complexity index is 591. The van der Waals surface area contributed by atoms with Gasteiger partial charge in [0, 0.05) is 17.3 Å². The Morgan fingerprint density at radius 1 is 1.05 bits per heavy atom.